The highest BCUT2D eigenvalue weighted by molar-refractivity contribution is 5.97. The summed E-state index contributed by atoms with van der Waals surface area (Å²) >= 11 is 0. The molecule has 11 nitrogen and oxygen atoms in total. The standard InChI is InChI=1S/C30H36N6O5/c1-32-28(39)19-34-30(41)24(35-27(38)18-31)11-6-7-17-33-26(37)15-16-29(40)36-20-23-10-3-2-8-21(23)13-14-22-9-4-5-12-25(22)36/h2-5,8-10,12,24H,6-7,11,15-20,31H2,1H3,(H,32,39)(H,33,37)(H,34,41)(H,35,38). The average Bonchev–Trinajstić information content (AvgIpc) is 2.98. The van der Waals surface area contributed by atoms with Crippen LogP contribution in [0.5, 0.6) is 0 Å². The maximum Gasteiger partial charge on any atom is 0.243 e. The second kappa shape index (κ2) is 15.8. The van der Waals surface area contributed by atoms with Gasteiger partial charge in [-0.25, -0.2) is 0 Å². The van der Waals surface area contributed by atoms with Crippen molar-refractivity contribution in [2.75, 3.05) is 31.6 Å². The number of carbonyl (C=O) groups excluding carboxylic acids is 5. The van der Waals surface area contributed by atoms with E-state index in [-0.39, 0.29) is 43.7 Å². The molecule has 1 atom stereocenters. The van der Waals surface area contributed by atoms with Crippen LogP contribution < -0.4 is 31.9 Å². The van der Waals surface area contributed by atoms with Gasteiger partial charge in [-0.1, -0.05) is 42.2 Å². The van der Waals surface area contributed by atoms with Crippen molar-refractivity contribution < 1.29 is 24.0 Å². The van der Waals surface area contributed by atoms with E-state index in [0.29, 0.717) is 32.4 Å². The number of nitrogens with one attached hydrogen (secondary N) is 4. The number of nitrogens with two attached hydrogens (primary N) is 1. The zero-order valence-corrected chi connectivity index (χ0v) is 23.1. The van der Waals surface area contributed by atoms with Gasteiger partial charge in [0, 0.05) is 37.6 Å². The van der Waals surface area contributed by atoms with E-state index in [9.17, 15) is 24.0 Å². The molecular formula is C30H36N6O5. The van der Waals surface area contributed by atoms with Gasteiger partial charge in [0.25, 0.3) is 0 Å². The summed E-state index contributed by atoms with van der Waals surface area (Å²) in [6.07, 6.45) is 1.44. The van der Waals surface area contributed by atoms with Crippen molar-refractivity contribution in [3.63, 3.8) is 0 Å². The fraction of sp³-hybridized carbons (Fsp3) is 0.367. The summed E-state index contributed by atoms with van der Waals surface area (Å²) in [7, 11) is 1.45. The first kappa shape index (κ1) is 30.8. The highest BCUT2D eigenvalue weighted by Gasteiger charge is 2.22. The Morgan fingerprint density at radius 3 is 2.34 bits per heavy atom. The molecular weight excluding hydrogens is 524 g/mol. The van der Waals surface area contributed by atoms with E-state index in [1.54, 1.807) is 4.90 Å². The molecule has 0 saturated carbocycles. The molecule has 0 aromatic heterocycles. The maximum atomic E-state index is 13.3. The maximum absolute atomic E-state index is 13.3. The Balaban J connectivity index is 1.47. The molecule has 2 aromatic rings. The molecule has 0 fully saturated rings. The predicted octanol–water partition coefficient (Wildman–Crippen LogP) is 0.305. The second-order valence-corrected chi connectivity index (χ2v) is 9.47. The molecule has 1 aliphatic heterocycles. The summed E-state index contributed by atoms with van der Waals surface area (Å²) in [5, 5.41) is 10.2. The van der Waals surface area contributed by atoms with Gasteiger partial charge in [0.05, 0.1) is 25.3 Å². The average molecular weight is 561 g/mol. The fourth-order valence-electron chi connectivity index (χ4n) is 4.25. The number of hydrogen-bond acceptors (Lipinski definition) is 6. The van der Waals surface area contributed by atoms with E-state index < -0.39 is 17.9 Å². The first-order chi connectivity index (χ1) is 19.8. The third-order valence-corrected chi connectivity index (χ3v) is 6.52. The molecule has 1 aliphatic rings. The number of nitrogens with zero attached hydrogens (tertiary/aromatic N) is 1. The van der Waals surface area contributed by atoms with Gasteiger partial charge in [0.1, 0.15) is 6.04 Å². The molecule has 1 heterocycles. The Morgan fingerprint density at radius 2 is 1.59 bits per heavy atom. The number of para-hydroxylation sites is 1. The number of hydrogen-bond donors (Lipinski definition) is 5. The first-order valence-corrected chi connectivity index (χ1v) is 13.6. The summed E-state index contributed by atoms with van der Waals surface area (Å²) in [5.41, 5.74) is 8.62. The Kier molecular flexibility index (Phi) is 11.9. The third-order valence-electron chi connectivity index (χ3n) is 6.52. The number of benzene rings is 2. The van der Waals surface area contributed by atoms with E-state index in [2.05, 4.69) is 33.1 Å². The molecule has 0 aliphatic carbocycles. The molecule has 0 spiro atoms. The monoisotopic (exact) mass is 560 g/mol. The highest BCUT2D eigenvalue weighted by Crippen LogP contribution is 2.26. The van der Waals surface area contributed by atoms with E-state index >= 15 is 0 Å². The van der Waals surface area contributed by atoms with E-state index in [1.165, 1.54) is 7.05 Å². The number of fused-ring (bicyclic) bond motifs is 2. The Hall–Kier alpha value is -4.69. The molecule has 1 unspecified atom stereocenters. The minimum absolute atomic E-state index is 0.0297. The van der Waals surface area contributed by atoms with Crippen LogP contribution in [0.25, 0.3) is 0 Å². The smallest absolute Gasteiger partial charge is 0.243 e. The van der Waals surface area contributed by atoms with Crippen LogP contribution in [0.2, 0.25) is 0 Å². The summed E-state index contributed by atoms with van der Waals surface area (Å²) in [6.45, 7) is 0.236. The zero-order valence-electron chi connectivity index (χ0n) is 23.1. The molecule has 0 bridgehead atoms. The van der Waals surface area contributed by atoms with Crippen molar-refractivity contribution in [2.24, 2.45) is 5.73 Å². The number of likely N-dealkylation sites (N-methyl/N-ethyl adjacent to an activating group) is 1. The number of unbranched alkanes of at least 4 members (excludes halogenated alkanes) is 1. The van der Waals surface area contributed by atoms with Crippen molar-refractivity contribution in [1.29, 1.82) is 0 Å². The molecule has 11 heteroatoms. The van der Waals surface area contributed by atoms with Gasteiger partial charge in [0.2, 0.25) is 29.5 Å². The minimum atomic E-state index is -0.848. The van der Waals surface area contributed by atoms with Gasteiger partial charge in [-0.3, -0.25) is 24.0 Å². The van der Waals surface area contributed by atoms with Crippen molar-refractivity contribution >= 4 is 35.2 Å². The molecule has 6 N–H and O–H groups in total. The van der Waals surface area contributed by atoms with Crippen LogP contribution in [0.15, 0.2) is 48.5 Å². The fourth-order valence-corrected chi connectivity index (χ4v) is 4.25. The van der Waals surface area contributed by atoms with E-state index in [1.807, 2.05) is 48.5 Å². The van der Waals surface area contributed by atoms with Crippen LogP contribution in [-0.2, 0) is 30.5 Å². The number of anilines is 1. The van der Waals surface area contributed by atoms with Crippen molar-refractivity contribution in [2.45, 2.75) is 44.7 Å². The van der Waals surface area contributed by atoms with Crippen LogP contribution in [-0.4, -0.2) is 62.3 Å². The van der Waals surface area contributed by atoms with Gasteiger partial charge < -0.3 is 31.9 Å². The normalized spacial score (nSPS) is 12.2. The number of carbonyl (C=O) groups is 5. The Labute approximate surface area is 239 Å². The Bertz CT molecular complexity index is 1330. The summed E-state index contributed by atoms with van der Waals surface area (Å²) < 4.78 is 0. The Morgan fingerprint density at radius 1 is 0.878 bits per heavy atom. The lowest BCUT2D eigenvalue weighted by Crippen LogP contribution is -2.50. The van der Waals surface area contributed by atoms with Crippen LogP contribution >= 0.6 is 0 Å². The van der Waals surface area contributed by atoms with Gasteiger partial charge in [-0.15, -0.1) is 0 Å². The largest absolute Gasteiger partial charge is 0.358 e. The zero-order chi connectivity index (χ0) is 29.6. The molecule has 2 aromatic carbocycles. The van der Waals surface area contributed by atoms with Gasteiger partial charge >= 0.3 is 0 Å². The molecule has 0 saturated heterocycles. The van der Waals surface area contributed by atoms with Crippen LogP contribution in [0, 0.1) is 11.8 Å². The minimum Gasteiger partial charge on any atom is -0.358 e. The summed E-state index contributed by atoms with van der Waals surface area (Å²) in [6, 6.07) is 14.3. The predicted molar refractivity (Wildman–Crippen MR) is 154 cm³/mol. The van der Waals surface area contributed by atoms with Gasteiger partial charge in [0.15, 0.2) is 0 Å². The topological polar surface area (TPSA) is 163 Å². The summed E-state index contributed by atoms with van der Waals surface area (Å²) in [4.78, 5) is 62.9. The molecule has 3 rings (SSSR count). The van der Waals surface area contributed by atoms with Gasteiger partial charge in [-0.05, 0) is 43.0 Å². The van der Waals surface area contributed by atoms with E-state index in [0.717, 1.165) is 22.4 Å². The lowest BCUT2D eigenvalue weighted by atomic mass is 10.0. The van der Waals surface area contributed by atoms with Gasteiger partial charge in [-0.2, -0.15) is 0 Å². The quantitative estimate of drug-likeness (QED) is 0.175. The van der Waals surface area contributed by atoms with Crippen molar-refractivity contribution in [3.8, 4) is 11.8 Å². The molecule has 5 amide bonds. The molecule has 216 valence electrons. The number of rotatable bonds is 13. The summed E-state index contributed by atoms with van der Waals surface area (Å²) in [5.74, 6) is 4.58. The lowest BCUT2D eigenvalue weighted by Gasteiger charge is -2.26. The van der Waals surface area contributed by atoms with Crippen LogP contribution in [0.3, 0.4) is 0 Å². The second-order valence-electron chi connectivity index (χ2n) is 9.47. The highest BCUT2D eigenvalue weighted by atomic mass is 16.2. The van der Waals surface area contributed by atoms with Crippen LogP contribution in [0.4, 0.5) is 5.69 Å². The van der Waals surface area contributed by atoms with E-state index in [4.69, 9.17) is 5.73 Å². The first-order valence-electron chi connectivity index (χ1n) is 13.6. The number of amides is 5. The molecule has 41 heavy (non-hydrogen) atoms. The lowest BCUT2D eigenvalue weighted by molar-refractivity contribution is -0.130. The SMILES string of the molecule is CNC(=O)CNC(=O)C(CCCCNC(=O)CCC(=O)N1Cc2ccccc2C#Cc2ccccc21)NC(=O)CN. The van der Waals surface area contributed by atoms with Crippen molar-refractivity contribution in [3.05, 3.63) is 65.2 Å². The third kappa shape index (κ3) is 9.47. The molecule has 0 radical (unpaired) electrons. The van der Waals surface area contributed by atoms with Crippen molar-refractivity contribution in [1.82, 2.24) is 21.3 Å². The van der Waals surface area contributed by atoms with Crippen LogP contribution in [0.1, 0.15) is 48.8 Å².